The largest absolute Gasteiger partial charge is 0.464 e. The number of unbranched alkanes of at least 4 members (excludes halogenated alkanes) is 4. The first-order chi connectivity index (χ1) is 16.1. The Hall–Kier alpha value is -2.34. The SMILES string of the molecule is O=C1CCC(c2coc3ccc(NCCCCCCCNC4CC5(CCC5)C4)cc23)C(=O)N1. The van der Waals surface area contributed by atoms with Crippen LogP contribution in [-0.4, -0.2) is 30.9 Å². The van der Waals surface area contributed by atoms with E-state index in [0.29, 0.717) is 12.8 Å². The summed E-state index contributed by atoms with van der Waals surface area (Å²) in [6.07, 6.45) is 16.1. The van der Waals surface area contributed by atoms with Crippen LogP contribution in [0.15, 0.2) is 28.9 Å². The topological polar surface area (TPSA) is 83.4 Å². The number of anilines is 1. The number of nitrogens with one attached hydrogen (secondary N) is 3. The average molecular weight is 452 g/mol. The highest BCUT2D eigenvalue weighted by molar-refractivity contribution is 6.02. The monoisotopic (exact) mass is 451 g/mol. The summed E-state index contributed by atoms with van der Waals surface area (Å²) in [6.45, 7) is 2.12. The number of rotatable bonds is 11. The van der Waals surface area contributed by atoms with Crippen LogP contribution in [0.1, 0.15) is 88.5 Å². The van der Waals surface area contributed by atoms with Crippen molar-refractivity contribution in [3.05, 3.63) is 30.0 Å². The number of hydrogen-bond acceptors (Lipinski definition) is 5. The van der Waals surface area contributed by atoms with Gasteiger partial charge in [-0.3, -0.25) is 14.9 Å². The molecule has 1 spiro atoms. The van der Waals surface area contributed by atoms with Gasteiger partial charge in [-0.15, -0.1) is 0 Å². The van der Waals surface area contributed by atoms with Gasteiger partial charge >= 0.3 is 0 Å². The fourth-order valence-corrected chi connectivity index (χ4v) is 5.95. The van der Waals surface area contributed by atoms with Gasteiger partial charge < -0.3 is 15.1 Å². The molecule has 1 aliphatic heterocycles. The average Bonchev–Trinajstić information content (AvgIpc) is 3.15. The Balaban J connectivity index is 0.986. The summed E-state index contributed by atoms with van der Waals surface area (Å²) in [7, 11) is 0. The number of piperidine rings is 1. The first-order valence-corrected chi connectivity index (χ1v) is 12.9. The number of furan rings is 1. The summed E-state index contributed by atoms with van der Waals surface area (Å²) >= 11 is 0. The van der Waals surface area contributed by atoms with E-state index >= 15 is 0 Å². The maximum atomic E-state index is 12.3. The van der Waals surface area contributed by atoms with Gasteiger partial charge in [-0.1, -0.05) is 25.7 Å². The van der Waals surface area contributed by atoms with Crippen LogP contribution < -0.4 is 16.0 Å². The number of carbonyl (C=O) groups is 2. The van der Waals surface area contributed by atoms with Gasteiger partial charge in [0.05, 0.1) is 12.2 Å². The lowest BCUT2D eigenvalue weighted by molar-refractivity contribution is -0.134. The molecule has 3 N–H and O–H groups in total. The van der Waals surface area contributed by atoms with Gasteiger partial charge in [0.1, 0.15) is 5.58 Å². The third-order valence-corrected chi connectivity index (χ3v) is 8.11. The highest BCUT2D eigenvalue weighted by atomic mass is 16.3. The van der Waals surface area contributed by atoms with E-state index in [1.54, 1.807) is 6.26 Å². The molecule has 1 unspecified atom stereocenters. The van der Waals surface area contributed by atoms with Crippen molar-refractivity contribution in [3.8, 4) is 0 Å². The van der Waals surface area contributed by atoms with E-state index < -0.39 is 0 Å². The Kier molecular flexibility index (Phi) is 6.72. The highest BCUT2D eigenvalue weighted by Crippen LogP contribution is 2.55. The minimum Gasteiger partial charge on any atom is -0.464 e. The van der Waals surface area contributed by atoms with Crippen molar-refractivity contribution in [2.75, 3.05) is 18.4 Å². The molecule has 2 aromatic rings. The second-order valence-corrected chi connectivity index (χ2v) is 10.5. The summed E-state index contributed by atoms with van der Waals surface area (Å²) in [5, 5.41) is 10.7. The Morgan fingerprint density at radius 2 is 1.82 bits per heavy atom. The minimum absolute atomic E-state index is 0.192. The molecule has 0 bridgehead atoms. The maximum absolute atomic E-state index is 12.3. The molecular formula is C27H37N3O3. The van der Waals surface area contributed by atoms with E-state index in [9.17, 15) is 9.59 Å². The van der Waals surface area contributed by atoms with Gasteiger partial charge in [0.15, 0.2) is 0 Å². The molecule has 2 saturated carbocycles. The van der Waals surface area contributed by atoms with Crippen LogP contribution in [-0.2, 0) is 9.59 Å². The van der Waals surface area contributed by atoms with Crippen LogP contribution in [0.2, 0.25) is 0 Å². The predicted molar refractivity (Wildman–Crippen MR) is 130 cm³/mol. The smallest absolute Gasteiger partial charge is 0.234 e. The van der Waals surface area contributed by atoms with Crippen molar-refractivity contribution in [1.82, 2.24) is 10.6 Å². The lowest BCUT2D eigenvalue weighted by Crippen LogP contribution is -2.52. The summed E-state index contributed by atoms with van der Waals surface area (Å²) < 4.78 is 5.67. The summed E-state index contributed by atoms with van der Waals surface area (Å²) in [5.74, 6) is -0.738. The Morgan fingerprint density at radius 1 is 1.03 bits per heavy atom. The number of amides is 2. The number of benzene rings is 1. The molecule has 2 heterocycles. The van der Waals surface area contributed by atoms with Gasteiger partial charge in [-0.2, -0.15) is 0 Å². The van der Waals surface area contributed by atoms with E-state index in [2.05, 4.69) is 22.0 Å². The second-order valence-electron chi connectivity index (χ2n) is 10.5. The van der Waals surface area contributed by atoms with E-state index in [1.165, 1.54) is 64.3 Å². The van der Waals surface area contributed by atoms with Crippen molar-refractivity contribution < 1.29 is 14.0 Å². The first-order valence-electron chi connectivity index (χ1n) is 12.9. The van der Waals surface area contributed by atoms with E-state index in [0.717, 1.165) is 46.6 Å². The lowest BCUT2D eigenvalue weighted by Gasteiger charge is -2.54. The number of imide groups is 1. The quantitative estimate of drug-likeness (QED) is 0.322. The molecule has 2 aliphatic carbocycles. The zero-order valence-electron chi connectivity index (χ0n) is 19.6. The normalized spacial score (nSPS) is 22.2. The summed E-state index contributed by atoms with van der Waals surface area (Å²) in [6, 6.07) is 6.85. The third-order valence-electron chi connectivity index (χ3n) is 8.11. The molecule has 6 nitrogen and oxygen atoms in total. The van der Waals surface area contributed by atoms with Crippen LogP contribution in [0.25, 0.3) is 11.0 Å². The van der Waals surface area contributed by atoms with Crippen molar-refractivity contribution in [2.24, 2.45) is 5.41 Å². The molecule has 33 heavy (non-hydrogen) atoms. The van der Waals surface area contributed by atoms with Gasteiger partial charge in [-0.05, 0) is 75.1 Å². The minimum atomic E-state index is -0.322. The maximum Gasteiger partial charge on any atom is 0.234 e. The van der Waals surface area contributed by atoms with Crippen LogP contribution in [0.5, 0.6) is 0 Å². The Morgan fingerprint density at radius 3 is 2.58 bits per heavy atom. The molecule has 1 aromatic carbocycles. The van der Waals surface area contributed by atoms with Crippen molar-refractivity contribution in [2.45, 2.75) is 89.0 Å². The standard InChI is InChI=1S/C27H37N3O3/c31-25-10-8-21(26(32)30-25)23-18-33-24-9-7-19(15-22(23)24)28-13-4-2-1-3-5-14-29-20-16-27(17-20)11-6-12-27/h7,9,15,18,20-21,28-29H,1-6,8,10-14,16-17H2,(H,30,31,32). The molecule has 1 atom stereocenters. The van der Waals surface area contributed by atoms with Gasteiger partial charge in [0, 0.05) is 35.6 Å². The van der Waals surface area contributed by atoms with E-state index in [1.807, 2.05) is 12.1 Å². The van der Waals surface area contributed by atoms with Crippen LogP contribution in [0.4, 0.5) is 5.69 Å². The van der Waals surface area contributed by atoms with Gasteiger partial charge in [0.25, 0.3) is 0 Å². The highest BCUT2D eigenvalue weighted by Gasteiger charge is 2.47. The second kappa shape index (κ2) is 9.88. The van der Waals surface area contributed by atoms with E-state index in [-0.39, 0.29) is 17.7 Å². The lowest BCUT2D eigenvalue weighted by atomic mass is 9.54. The van der Waals surface area contributed by atoms with Crippen LogP contribution in [0, 0.1) is 5.41 Å². The fraction of sp³-hybridized carbons (Fsp3) is 0.630. The van der Waals surface area contributed by atoms with Crippen molar-refractivity contribution >= 4 is 28.5 Å². The van der Waals surface area contributed by atoms with Crippen LogP contribution >= 0.6 is 0 Å². The van der Waals surface area contributed by atoms with Crippen molar-refractivity contribution in [1.29, 1.82) is 0 Å². The Bertz CT molecular complexity index is 986. The zero-order valence-corrected chi connectivity index (χ0v) is 19.6. The molecular weight excluding hydrogens is 414 g/mol. The molecule has 0 radical (unpaired) electrons. The molecule has 2 amide bonds. The van der Waals surface area contributed by atoms with Gasteiger partial charge in [-0.25, -0.2) is 0 Å². The van der Waals surface area contributed by atoms with E-state index in [4.69, 9.17) is 4.42 Å². The predicted octanol–water partition coefficient (Wildman–Crippen LogP) is 5.24. The zero-order chi connectivity index (χ0) is 22.7. The summed E-state index contributed by atoms with van der Waals surface area (Å²) in [5.41, 5.74) is 3.47. The van der Waals surface area contributed by atoms with Gasteiger partial charge in [0.2, 0.25) is 11.8 Å². The molecule has 3 aliphatic rings. The third kappa shape index (κ3) is 5.11. The molecule has 6 heteroatoms. The van der Waals surface area contributed by atoms with Crippen molar-refractivity contribution in [3.63, 3.8) is 0 Å². The Labute approximate surface area is 196 Å². The number of carbonyl (C=O) groups excluding carboxylic acids is 2. The molecule has 178 valence electrons. The fourth-order valence-electron chi connectivity index (χ4n) is 5.95. The van der Waals surface area contributed by atoms with Crippen LogP contribution in [0.3, 0.4) is 0 Å². The molecule has 3 fully saturated rings. The number of hydrogen-bond donors (Lipinski definition) is 3. The first kappa shape index (κ1) is 22.5. The molecule has 1 aromatic heterocycles. The molecule has 5 rings (SSSR count). The molecule has 1 saturated heterocycles. The summed E-state index contributed by atoms with van der Waals surface area (Å²) in [4.78, 5) is 23.7. The number of fused-ring (bicyclic) bond motifs is 1.